The number of anilines is 1. The number of ketones is 1. The third kappa shape index (κ3) is 3.78. The Kier molecular flexibility index (Phi) is 5.77. The third-order valence-electron chi connectivity index (χ3n) is 5.18. The molecule has 0 bridgehead atoms. The maximum Gasteiger partial charge on any atom is 0.350 e. The molecule has 2 aromatic heterocycles. The SMILES string of the molecule is COC(=O)c1sc(N2C(=O)C(=O)C(=C(O)c3cccc(OC)c3)[C@@H]2c2ccc(C)o2)nc1C. The Balaban J connectivity index is 1.92. The van der Waals surface area contributed by atoms with Crippen LogP contribution in [0.3, 0.4) is 0 Å². The summed E-state index contributed by atoms with van der Waals surface area (Å²) in [4.78, 5) is 44.0. The van der Waals surface area contributed by atoms with Gasteiger partial charge in [0.2, 0.25) is 0 Å². The molecule has 1 saturated heterocycles. The van der Waals surface area contributed by atoms with Gasteiger partial charge in [0, 0.05) is 5.56 Å². The second kappa shape index (κ2) is 8.55. The molecular formula is C23H20N2O7S. The third-order valence-corrected chi connectivity index (χ3v) is 6.32. The molecule has 0 radical (unpaired) electrons. The lowest BCUT2D eigenvalue weighted by atomic mass is 9.99. The molecule has 0 aliphatic carbocycles. The normalized spacial score (nSPS) is 17.5. The fourth-order valence-electron chi connectivity index (χ4n) is 3.59. The Morgan fingerprint density at radius 1 is 1.18 bits per heavy atom. The molecule has 9 nitrogen and oxygen atoms in total. The second-order valence-corrected chi connectivity index (χ2v) is 8.23. The van der Waals surface area contributed by atoms with Crippen molar-refractivity contribution in [3.63, 3.8) is 0 Å². The molecule has 170 valence electrons. The van der Waals surface area contributed by atoms with Crippen molar-refractivity contribution in [1.29, 1.82) is 0 Å². The summed E-state index contributed by atoms with van der Waals surface area (Å²) < 4.78 is 15.7. The van der Waals surface area contributed by atoms with Gasteiger partial charge in [-0.15, -0.1) is 0 Å². The fraction of sp³-hybridized carbons (Fsp3) is 0.217. The van der Waals surface area contributed by atoms with E-state index in [1.807, 2.05) is 0 Å². The van der Waals surface area contributed by atoms with Crippen molar-refractivity contribution < 1.29 is 33.4 Å². The minimum absolute atomic E-state index is 0.110. The molecule has 1 aromatic carbocycles. The molecule has 0 spiro atoms. The van der Waals surface area contributed by atoms with Crippen molar-refractivity contribution in [2.24, 2.45) is 0 Å². The van der Waals surface area contributed by atoms with E-state index in [0.29, 0.717) is 22.8 Å². The van der Waals surface area contributed by atoms with Gasteiger partial charge < -0.3 is 19.0 Å². The number of aromatic nitrogens is 1. The quantitative estimate of drug-likeness (QED) is 0.260. The highest BCUT2D eigenvalue weighted by molar-refractivity contribution is 7.17. The highest BCUT2D eigenvalue weighted by atomic mass is 32.1. The van der Waals surface area contributed by atoms with Crippen LogP contribution in [0.2, 0.25) is 0 Å². The van der Waals surface area contributed by atoms with Crippen LogP contribution >= 0.6 is 11.3 Å². The van der Waals surface area contributed by atoms with Crippen molar-refractivity contribution in [3.05, 3.63) is 69.6 Å². The van der Waals surface area contributed by atoms with Crippen LogP contribution in [0, 0.1) is 13.8 Å². The summed E-state index contributed by atoms with van der Waals surface area (Å²) in [6, 6.07) is 8.72. The molecule has 3 heterocycles. The van der Waals surface area contributed by atoms with E-state index in [2.05, 4.69) is 4.98 Å². The summed E-state index contributed by atoms with van der Waals surface area (Å²) >= 11 is 0.917. The van der Waals surface area contributed by atoms with Crippen LogP contribution in [0.5, 0.6) is 5.75 Å². The molecule has 1 aliphatic heterocycles. The van der Waals surface area contributed by atoms with Crippen molar-refractivity contribution in [2.75, 3.05) is 19.1 Å². The first kappa shape index (κ1) is 22.3. The molecule has 33 heavy (non-hydrogen) atoms. The van der Waals surface area contributed by atoms with Crippen LogP contribution in [-0.2, 0) is 14.3 Å². The van der Waals surface area contributed by atoms with Crippen molar-refractivity contribution >= 4 is 39.9 Å². The highest BCUT2D eigenvalue weighted by Gasteiger charge is 2.50. The Morgan fingerprint density at radius 3 is 2.58 bits per heavy atom. The zero-order valence-corrected chi connectivity index (χ0v) is 19.1. The number of aliphatic hydroxyl groups is 1. The standard InChI is InChI=1S/C23H20N2O7S/c1-11-8-9-15(32-11)17-16(18(26)13-6-5-7-14(10-13)30-3)19(27)21(28)25(17)23-24-12(2)20(33-23)22(29)31-4/h5-10,17,26H,1-4H3/t17-/m0/s1. The number of aliphatic hydroxyl groups excluding tert-OH is 1. The zero-order valence-electron chi connectivity index (χ0n) is 18.2. The van der Waals surface area contributed by atoms with Crippen LogP contribution in [-0.4, -0.2) is 42.0 Å². The van der Waals surface area contributed by atoms with Gasteiger partial charge in [-0.25, -0.2) is 9.78 Å². The van der Waals surface area contributed by atoms with E-state index in [-0.39, 0.29) is 27.1 Å². The van der Waals surface area contributed by atoms with Crippen molar-refractivity contribution in [3.8, 4) is 5.75 Å². The summed E-state index contributed by atoms with van der Waals surface area (Å²) in [7, 11) is 2.72. The van der Waals surface area contributed by atoms with E-state index in [1.54, 1.807) is 50.2 Å². The number of furan rings is 1. The molecule has 0 unspecified atom stereocenters. The van der Waals surface area contributed by atoms with Gasteiger partial charge in [0.15, 0.2) is 5.13 Å². The predicted octanol–water partition coefficient (Wildman–Crippen LogP) is 3.77. The van der Waals surface area contributed by atoms with Crippen molar-refractivity contribution in [2.45, 2.75) is 19.9 Å². The summed E-state index contributed by atoms with van der Waals surface area (Å²) in [5, 5.41) is 11.2. The number of nitrogens with zero attached hydrogens (tertiary/aromatic N) is 2. The van der Waals surface area contributed by atoms with Gasteiger partial charge in [0.1, 0.15) is 33.9 Å². The maximum atomic E-state index is 13.1. The molecule has 1 atom stereocenters. The minimum Gasteiger partial charge on any atom is -0.507 e. The Hall–Kier alpha value is -3.92. The fourth-order valence-corrected chi connectivity index (χ4v) is 4.60. The van der Waals surface area contributed by atoms with E-state index in [9.17, 15) is 19.5 Å². The van der Waals surface area contributed by atoms with Crippen LogP contribution < -0.4 is 9.64 Å². The van der Waals surface area contributed by atoms with Crippen LogP contribution in [0.15, 0.2) is 46.4 Å². The summed E-state index contributed by atoms with van der Waals surface area (Å²) in [6.07, 6.45) is 0. The number of thiazole rings is 1. The number of Topliss-reactive ketones (excluding diaryl/α,β-unsaturated/α-hetero) is 1. The number of amides is 1. The largest absolute Gasteiger partial charge is 0.507 e. The molecule has 1 N–H and O–H groups in total. The lowest BCUT2D eigenvalue weighted by Gasteiger charge is -2.20. The zero-order chi connectivity index (χ0) is 23.9. The highest BCUT2D eigenvalue weighted by Crippen LogP contribution is 2.44. The number of hydrogen-bond donors (Lipinski definition) is 1. The number of esters is 1. The number of carbonyl (C=O) groups excluding carboxylic acids is 3. The minimum atomic E-state index is -1.08. The Labute approximate surface area is 192 Å². The first-order valence-corrected chi connectivity index (χ1v) is 10.7. The average molecular weight is 468 g/mol. The van der Waals surface area contributed by atoms with E-state index in [1.165, 1.54) is 14.2 Å². The molecule has 0 saturated carbocycles. The van der Waals surface area contributed by atoms with Crippen LogP contribution in [0.1, 0.15) is 38.5 Å². The molecule has 1 amide bonds. The molecular weight excluding hydrogens is 448 g/mol. The van der Waals surface area contributed by atoms with Gasteiger partial charge in [-0.2, -0.15) is 0 Å². The number of aryl methyl sites for hydroxylation is 2. The second-order valence-electron chi connectivity index (χ2n) is 7.25. The number of carbonyl (C=O) groups is 3. The number of benzene rings is 1. The van der Waals surface area contributed by atoms with Gasteiger partial charge in [-0.3, -0.25) is 14.5 Å². The maximum absolute atomic E-state index is 13.1. The molecule has 10 heteroatoms. The van der Waals surface area contributed by atoms with Crippen molar-refractivity contribution in [1.82, 2.24) is 4.98 Å². The van der Waals surface area contributed by atoms with Gasteiger partial charge in [-0.05, 0) is 38.1 Å². The van der Waals surface area contributed by atoms with Gasteiger partial charge in [-0.1, -0.05) is 23.5 Å². The lowest BCUT2D eigenvalue weighted by molar-refractivity contribution is -0.132. The molecule has 3 aromatic rings. The number of methoxy groups -OCH3 is 2. The Bertz CT molecular complexity index is 1300. The molecule has 1 fully saturated rings. The van der Waals surface area contributed by atoms with Crippen LogP contribution in [0.25, 0.3) is 5.76 Å². The first-order valence-electron chi connectivity index (χ1n) is 9.84. The van der Waals surface area contributed by atoms with E-state index in [4.69, 9.17) is 13.9 Å². The van der Waals surface area contributed by atoms with Crippen LogP contribution in [0.4, 0.5) is 5.13 Å². The van der Waals surface area contributed by atoms with E-state index < -0.39 is 23.7 Å². The van der Waals surface area contributed by atoms with Gasteiger partial charge >= 0.3 is 11.9 Å². The summed E-state index contributed by atoms with van der Waals surface area (Å²) in [5.41, 5.74) is 0.493. The predicted molar refractivity (Wildman–Crippen MR) is 119 cm³/mol. The number of rotatable bonds is 5. The number of ether oxygens (including phenoxy) is 2. The monoisotopic (exact) mass is 468 g/mol. The molecule has 1 aliphatic rings. The van der Waals surface area contributed by atoms with E-state index >= 15 is 0 Å². The average Bonchev–Trinajstić information content (AvgIpc) is 3.48. The van der Waals surface area contributed by atoms with Gasteiger partial charge in [0.25, 0.3) is 5.78 Å². The first-order chi connectivity index (χ1) is 15.8. The topological polar surface area (TPSA) is 119 Å². The molecule has 4 rings (SSSR count). The van der Waals surface area contributed by atoms with E-state index in [0.717, 1.165) is 16.2 Å². The summed E-state index contributed by atoms with van der Waals surface area (Å²) in [5.74, 6) is -1.49. The summed E-state index contributed by atoms with van der Waals surface area (Å²) in [6.45, 7) is 3.33. The smallest absolute Gasteiger partial charge is 0.350 e. The Morgan fingerprint density at radius 2 is 1.94 bits per heavy atom. The lowest BCUT2D eigenvalue weighted by Crippen LogP contribution is -2.29. The van der Waals surface area contributed by atoms with Gasteiger partial charge in [0.05, 0.1) is 25.5 Å². The number of hydrogen-bond acceptors (Lipinski definition) is 9.